The van der Waals surface area contributed by atoms with Gasteiger partial charge in [0.25, 0.3) is 0 Å². The number of nitrogens with zero attached hydrogens (tertiary/aromatic N) is 5. The van der Waals surface area contributed by atoms with Crippen molar-refractivity contribution in [3.63, 3.8) is 0 Å². The Morgan fingerprint density at radius 2 is 1.31 bits per heavy atom. The van der Waals surface area contributed by atoms with Crippen molar-refractivity contribution in [3.8, 4) is 0 Å². The molecular weight excluding hydrogens is 350 g/mol. The molecule has 0 fully saturated rings. The molecule has 0 spiro atoms. The van der Waals surface area contributed by atoms with E-state index in [0.717, 1.165) is 5.52 Å². The van der Waals surface area contributed by atoms with Crippen LogP contribution in [0.25, 0.3) is 10.9 Å². The van der Waals surface area contributed by atoms with E-state index in [9.17, 15) is 0 Å². The molecule has 0 amide bonds. The van der Waals surface area contributed by atoms with Crippen molar-refractivity contribution in [2.24, 2.45) is 10.2 Å². The predicted molar refractivity (Wildman–Crippen MR) is 106 cm³/mol. The molecule has 0 saturated heterocycles. The van der Waals surface area contributed by atoms with Crippen LogP contribution in [0.5, 0.6) is 0 Å². The molecule has 0 aliphatic heterocycles. The second-order valence-electron chi connectivity index (χ2n) is 4.93. The number of hydrogen-bond acceptors (Lipinski definition) is 5. The predicted octanol–water partition coefficient (Wildman–Crippen LogP) is 5.62. The zero-order valence-electron chi connectivity index (χ0n) is 14.7. The Morgan fingerprint density at radius 1 is 0.769 bits per heavy atom. The number of hydrogen-bond donors (Lipinski definition) is 2. The number of halogens is 1. The van der Waals surface area contributed by atoms with E-state index in [1.807, 2.05) is 30.5 Å². The number of rotatable bonds is 2. The van der Waals surface area contributed by atoms with Crippen LogP contribution in [-0.2, 0) is 0 Å². The van der Waals surface area contributed by atoms with Crippen LogP contribution in [-0.4, -0.2) is 24.9 Å². The van der Waals surface area contributed by atoms with Crippen molar-refractivity contribution in [2.75, 3.05) is 0 Å². The second-order valence-corrected chi connectivity index (χ2v) is 4.93. The van der Waals surface area contributed by atoms with E-state index in [1.165, 1.54) is 11.8 Å². The number of fused-ring (bicyclic) bond motifs is 1. The molecule has 2 N–H and O–H groups in total. The van der Waals surface area contributed by atoms with E-state index in [4.69, 9.17) is 0 Å². The highest BCUT2D eigenvalue weighted by atomic mass is 35.5. The van der Waals surface area contributed by atoms with E-state index in [2.05, 4.69) is 61.1 Å². The highest BCUT2D eigenvalue weighted by Gasteiger charge is 1.90. The Kier molecular flexibility index (Phi) is 9.95. The first-order valence-corrected chi connectivity index (χ1v) is 8.03. The summed E-state index contributed by atoms with van der Waals surface area (Å²) in [5, 5.41) is 8.75. The number of para-hydroxylation sites is 1. The molecule has 0 aliphatic rings. The summed E-state index contributed by atoms with van der Waals surface area (Å²) in [5.41, 5.74) is 1.06. The van der Waals surface area contributed by atoms with Gasteiger partial charge in [0, 0.05) is 36.4 Å². The van der Waals surface area contributed by atoms with Crippen molar-refractivity contribution in [3.05, 3.63) is 67.4 Å². The van der Waals surface area contributed by atoms with Crippen molar-refractivity contribution in [2.45, 2.75) is 20.3 Å². The fraction of sp³-hybridized carbons (Fsp3) is 0.167. The van der Waals surface area contributed by atoms with Gasteiger partial charge in [0.2, 0.25) is 11.9 Å². The normalized spacial score (nSPS) is 9.62. The van der Waals surface area contributed by atoms with Gasteiger partial charge in [0.15, 0.2) is 0 Å². The van der Waals surface area contributed by atoms with Gasteiger partial charge >= 0.3 is 0 Å². The summed E-state index contributed by atoms with van der Waals surface area (Å²) >= 11 is 0. The lowest BCUT2D eigenvalue weighted by Crippen LogP contribution is -1.73. The minimum absolute atomic E-state index is 0. The Labute approximate surface area is 158 Å². The molecule has 8 heteroatoms. The number of pyridine rings is 1. The number of aromatic nitrogens is 5. The summed E-state index contributed by atoms with van der Waals surface area (Å²) in [4.78, 5) is 17.5. The lowest BCUT2D eigenvalue weighted by Gasteiger charge is -1.91. The maximum absolute atomic E-state index is 4.18. The number of azo groups is 1. The maximum Gasteiger partial charge on any atom is 0.246 e. The summed E-state index contributed by atoms with van der Waals surface area (Å²) in [6.07, 6.45) is 9.63. The van der Waals surface area contributed by atoms with Gasteiger partial charge in [-0.3, -0.25) is 4.98 Å². The first kappa shape index (κ1) is 21.0. The van der Waals surface area contributed by atoms with E-state index in [-0.39, 0.29) is 12.4 Å². The molecule has 26 heavy (non-hydrogen) atoms. The molecule has 0 bridgehead atoms. The Hall–Kier alpha value is -3.06. The quantitative estimate of drug-likeness (QED) is 0.447. The number of aromatic amines is 2. The van der Waals surface area contributed by atoms with Gasteiger partial charge in [-0.25, -0.2) is 9.97 Å². The van der Waals surface area contributed by atoms with Gasteiger partial charge in [-0.05, 0) is 12.1 Å². The third kappa shape index (κ3) is 7.23. The molecule has 0 radical (unpaired) electrons. The van der Waals surface area contributed by atoms with Crippen LogP contribution in [0.2, 0.25) is 0 Å². The molecule has 4 aromatic rings. The Morgan fingerprint density at radius 3 is 1.81 bits per heavy atom. The number of nitrogens with one attached hydrogen (secondary N) is 2. The average Bonchev–Trinajstić information content (AvgIpc) is 3.35. The molecule has 7 nitrogen and oxygen atoms in total. The molecule has 3 heterocycles. The Bertz CT molecular complexity index is 757. The van der Waals surface area contributed by atoms with E-state index in [1.54, 1.807) is 24.8 Å². The molecule has 136 valence electrons. The van der Waals surface area contributed by atoms with Crippen LogP contribution in [0.15, 0.2) is 77.6 Å². The lowest BCUT2D eigenvalue weighted by molar-refractivity contribution is 1.07. The van der Waals surface area contributed by atoms with E-state index >= 15 is 0 Å². The van der Waals surface area contributed by atoms with Crippen LogP contribution in [0.4, 0.5) is 11.9 Å². The standard InChI is InChI=1S/C9H7N.C6H6N6.C3H8.ClH/c1-2-6-9-8(4-1)5-3-7-10-9;1-2-8-5(7-1)11-12-6-9-3-4-10-6;1-3-2;/h1-7H;1-4H,(H,7,8)(H,9,10);3H2,1-2H3;1H. The molecule has 4 rings (SSSR count). The first-order valence-electron chi connectivity index (χ1n) is 8.03. The van der Waals surface area contributed by atoms with Crippen LogP contribution in [0, 0.1) is 0 Å². The molecule has 0 unspecified atom stereocenters. The smallest absolute Gasteiger partial charge is 0.246 e. The lowest BCUT2D eigenvalue weighted by atomic mass is 10.2. The highest BCUT2D eigenvalue weighted by Crippen LogP contribution is 2.08. The monoisotopic (exact) mass is 371 g/mol. The Balaban J connectivity index is 0.000000221. The van der Waals surface area contributed by atoms with Crippen molar-refractivity contribution >= 4 is 35.2 Å². The number of imidazole rings is 2. The fourth-order valence-corrected chi connectivity index (χ4v) is 1.73. The van der Waals surface area contributed by atoms with Gasteiger partial charge in [-0.15, -0.1) is 22.6 Å². The zero-order chi connectivity index (χ0) is 17.7. The van der Waals surface area contributed by atoms with Gasteiger partial charge in [-0.1, -0.05) is 44.5 Å². The molecular formula is C18H22ClN7. The molecule has 3 aromatic heterocycles. The van der Waals surface area contributed by atoms with Crippen LogP contribution < -0.4 is 0 Å². The summed E-state index contributed by atoms with van der Waals surface area (Å²) in [6, 6.07) is 12.1. The van der Waals surface area contributed by atoms with Crippen LogP contribution in [0.3, 0.4) is 0 Å². The summed E-state index contributed by atoms with van der Waals surface area (Å²) in [6.45, 7) is 4.25. The first-order chi connectivity index (χ1) is 12.3. The largest absolute Gasteiger partial charge is 0.328 e. The van der Waals surface area contributed by atoms with Gasteiger partial charge in [0.1, 0.15) is 0 Å². The minimum Gasteiger partial charge on any atom is -0.328 e. The SMILES string of the molecule is CCC.Cl.c1c[nH]c(N=Nc2ncc[nH]2)n1.c1ccc2ncccc2c1. The number of H-pyrrole nitrogens is 2. The van der Waals surface area contributed by atoms with Gasteiger partial charge < -0.3 is 9.97 Å². The zero-order valence-corrected chi connectivity index (χ0v) is 15.5. The van der Waals surface area contributed by atoms with Crippen LogP contribution >= 0.6 is 12.4 Å². The number of benzene rings is 1. The van der Waals surface area contributed by atoms with Crippen molar-refractivity contribution < 1.29 is 0 Å². The molecule has 0 saturated carbocycles. The summed E-state index contributed by atoms with van der Waals surface area (Å²) in [5.74, 6) is 0.929. The fourth-order valence-electron chi connectivity index (χ4n) is 1.73. The third-order valence-electron chi connectivity index (χ3n) is 2.72. The molecule has 1 aromatic carbocycles. The van der Waals surface area contributed by atoms with Crippen LogP contribution in [0.1, 0.15) is 20.3 Å². The molecule has 0 aliphatic carbocycles. The second kappa shape index (κ2) is 12.3. The maximum atomic E-state index is 4.18. The van der Waals surface area contributed by atoms with Crippen molar-refractivity contribution in [1.29, 1.82) is 0 Å². The van der Waals surface area contributed by atoms with Crippen molar-refractivity contribution in [1.82, 2.24) is 24.9 Å². The molecule has 0 atom stereocenters. The van der Waals surface area contributed by atoms with E-state index in [0.29, 0.717) is 11.9 Å². The van der Waals surface area contributed by atoms with Gasteiger partial charge in [-0.2, -0.15) is 0 Å². The summed E-state index contributed by atoms with van der Waals surface area (Å²) < 4.78 is 0. The summed E-state index contributed by atoms with van der Waals surface area (Å²) in [7, 11) is 0. The topological polar surface area (TPSA) is 95.0 Å². The average molecular weight is 372 g/mol. The third-order valence-corrected chi connectivity index (χ3v) is 2.72. The van der Waals surface area contributed by atoms with E-state index < -0.39 is 0 Å². The van der Waals surface area contributed by atoms with Gasteiger partial charge in [0.05, 0.1) is 5.52 Å². The minimum atomic E-state index is 0. The highest BCUT2D eigenvalue weighted by molar-refractivity contribution is 5.85.